The van der Waals surface area contributed by atoms with Gasteiger partial charge in [0.15, 0.2) is 5.13 Å². The van der Waals surface area contributed by atoms with Crippen molar-refractivity contribution in [2.45, 2.75) is 32.9 Å². The molecule has 0 aliphatic rings. The second kappa shape index (κ2) is 4.16. The molecule has 0 aliphatic carbocycles. The Morgan fingerprint density at radius 1 is 1.60 bits per heavy atom. The minimum Gasteiger partial charge on any atom is -0.465 e. The van der Waals surface area contributed by atoms with Crippen LogP contribution in [0.2, 0.25) is 0 Å². The number of anilines is 1. The summed E-state index contributed by atoms with van der Waals surface area (Å²) in [6.07, 6.45) is 0.447. The standard InChI is InChI=1S/C9H14N2O3S/c1-9(2,3)11(8(13)14)7-10-4-6(5-12)15-7/h4,12H,5H2,1-3H3,(H,13,14). The summed E-state index contributed by atoms with van der Waals surface area (Å²) in [5.41, 5.74) is -0.545. The second-order valence-corrected chi connectivity index (χ2v) is 5.15. The third-order valence-corrected chi connectivity index (χ3v) is 2.72. The third kappa shape index (κ3) is 2.66. The van der Waals surface area contributed by atoms with Crippen molar-refractivity contribution in [2.75, 3.05) is 4.90 Å². The van der Waals surface area contributed by atoms with Gasteiger partial charge in [0.1, 0.15) is 0 Å². The summed E-state index contributed by atoms with van der Waals surface area (Å²) < 4.78 is 0. The first-order chi connectivity index (χ1) is 6.86. The minimum absolute atomic E-state index is 0.116. The molecular weight excluding hydrogens is 216 g/mol. The SMILES string of the molecule is CC(C)(C)N(C(=O)O)c1ncc(CO)s1. The van der Waals surface area contributed by atoms with Crippen LogP contribution in [0.5, 0.6) is 0 Å². The van der Waals surface area contributed by atoms with Crippen LogP contribution in [-0.4, -0.2) is 26.8 Å². The van der Waals surface area contributed by atoms with Crippen LogP contribution in [0.15, 0.2) is 6.20 Å². The summed E-state index contributed by atoms with van der Waals surface area (Å²) in [5.74, 6) is 0. The predicted octanol–water partition coefficient (Wildman–Crippen LogP) is 1.92. The van der Waals surface area contributed by atoms with E-state index in [1.807, 2.05) is 0 Å². The predicted molar refractivity (Wildman–Crippen MR) is 58.3 cm³/mol. The van der Waals surface area contributed by atoms with Crippen LogP contribution >= 0.6 is 11.3 Å². The van der Waals surface area contributed by atoms with E-state index in [2.05, 4.69) is 4.98 Å². The molecule has 0 bridgehead atoms. The zero-order valence-corrected chi connectivity index (χ0v) is 9.71. The topological polar surface area (TPSA) is 73.7 Å². The molecule has 1 aromatic heterocycles. The molecule has 84 valence electrons. The highest BCUT2D eigenvalue weighted by molar-refractivity contribution is 7.15. The maximum atomic E-state index is 11.1. The number of thiazole rings is 1. The lowest BCUT2D eigenvalue weighted by Gasteiger charge is -2.30. The molecule has 0 saturated heterocycles. The second-order valence-electron chi connectivity index (χ2n) is 4.06. The molecule has 0 atom stereocenters. The molecule has 15 heavy (non-hydrogen) atoms. The van der Waals surface area contributed by atoms with E-state index in [1.54, 1.807) is 20.8 Å². The highest BCUT2D eigenvalue weighted by Crippen LogP contribution is 2.28. The van der Waals surface area contributed by atoms with Gasteiger partial charge in [-0.1, -0.05) is 11.3 Å². The molecule has 0 aliphatic heterocycles. The van der Waals surface area contributed by atoms with Gasteiger partial charge in [0, 0.05) is 11.7 Å². The van der Waals surface area contributed by atoms with E-state index in [0.717, 1.165) is 0 Å². The molecule has 0 aromatic carbocycles. The Kier molecular flexibility index (Phi) is 3.31. The summed E-state index contributed by atoms with van der Waals surface area (Å²) in [6.45, 7) is 5.26. The Morgan fingerprint density at radius 2 is 2.20 bits per heavy atom. The summed E-state index contributed by atoms with van der Waals surface area (Å²) in [4.78, 5) is 16.9. The van der Waals surface area contributed by atoms with Crippen LogP contribution in [0, 0.1) is 0 Å². The molecule has 0 radical (unpaired) electrons. The lowest BCUT2D eigenvalue weighted by Crippen LogP contribution is -2.45. The quantitative estimate of drug-likeness (QED) is 0.814. The molecule has 1 heterocycles. The average molecular weight is 230 g/mol. The van der Waals surface area contributed by atoms with Crippen molar-refractivity contribution in [1.29, 1.82) is 0 Å². The Bertz CT molecular complexity index is 356. The van der Waals surface area contributed by atoms with E-state index in [4.69, 9.17) is 10.2 Å². The first-order valence-corrected chi connectivity index (χ1v) is 5.26. The fraction of sp³-hybridized carbons (Fsp3) is 0.556. The van der Waals surface area contributed by atoms with E-state index in [0.29, 0.717) is 10.0 Å². The van der Waals surface area contributed by atoms with Gasteiger partial charge in [0.25, 0.3) is 0 Å². The van der Waals surface area contributed by atoms with Crippen molar-refractivity contribution < 1.29 is 15.0 Å². The number of amides is 1. The number of aliphatic hydroxyl groups is 1. The molecule has 1 amide bonds. The van der Waals surface area contributed by atoms with E-state index >= 15 is 0 Å². The third-order valence-electron chi connectivity index (χ3n) is 1.75. The van der Waals surface area contributed by atoms with E-state index in [1.165, 1.54) is 22.4 Å². The molecular formula is C9H14N2O3S. The van der Waals surface area contributed by atoms with Crippen LogP contribution in [0.4, 0.5) is 9.93 Å². The minimum atomic E-state index is -1.04. The molecule has 6 heteroatoms. The number of aromatic nitrogens is 1. The highest BCUT2D eigenvalue weighted by atomic mass is 32.1. The van der Waals surface area contributed by atoms with Crippen molar-refractivity contribution in [3.05, 3.63) is 11.1 Å². The number of rotatable bonds is 2. The zero-order chi connectivity index (χ0) is 11.6. The molecule has 1 rings (SSSR count). The van der Waals surface area contributed by atoms with Gasteiger partial charge < -0.3 is 10.2 Å². The number of carbonyl (C=O) groups is 1. The van der Waals surface area contributed by atoms with Crippen molar-refractivity contribution >= 4 is 22.6 Å². The monoisotopic (exact) mass is 230 g/mol. The van der Waals surface area contributed by atoms with Gasteiger partial charge >= 0.3 is 6.09 Å². The number of nitrogens with zero attached hydrogens (tertiary/aromatic N) is 2. The Labute approximate surface area is 92.0 Å². The Hall–Kier alpha value is -1.14. The largest absolute Gasteiger partial charge is 0.465 e. The lowest BCUT2D eigenvalue weighted by molar-refractivity contribution is 0.195. The summed E-state index contributed by atoms with van der Waals surface area (Å²) in [7, 11) is 0. The average Bonchev–Trinajstić information content (AvgIpc) is 2.49. The molecule has 0 saturated carbocycles. The van der Waals surface area contributed by atoms with Gasteiger partial charge in [0.2, 0.25) is 0 Å². The highest BCUT2D eigenvalue weighted by Gasteiger charge is 2.30. The number of aliphatic hydroxyl groups excluding tert-OH is 1. The first kappa shape index (κ1) is 11.9. The van der Waals surface area contributed by atoms with Gasteiger partial charge in [-0.25, -0.2) is 14.7 Å². The first-order valence-electron chi connectivity index (χ1n) is 4.45. The molecule has 1 aromatic rings. The normalized spacial score (nSPS) is 11.5. The van der Waals surface area contributed by atoms with E-state index in [9.17, 15) is 4.79 Å². The molecule has 2 N–H and O–H groups in total. The lowest BCUT2D eigenvalue weighted by atomic mass is 10.1. The van der Waals surface area contributed by atoms with Gasteiger partial charge in [-0.2, -0.15) is 0 Å². The van der Waals surface area contributed by atoms with Crippen molar-refractivity contribution in [3.8, 4) is 0 Å². The number of hydrogen-bond donors (Lipinski definition) is 2. The maximum Gasteiger partial charge on any atom is 0.414 e. The smallest absolute Gasteiger partial charge is 0.414 e. The van der Waals surface area contributed by atoms with E-state index < -0.39 is 11.6 Å². The molecule has 5 nitrogen and oxygen atoms in total. The Morgan fingerprint density at radius 3 is 2.53 bits per heavy atom. The number of hydrogen-bond acceptors (Lipinski definition) is 4. The molecule has 0 fully saturated rings. The Balaban J connectivity index is 3.05. The van der Waals surface area contributed by atoms with Crippen LogP contribution < -0.4 is 4.90 Å². The van der Waals surface area contributed by atoms with Gasteiger partial charge in [-0.3, -0.25) is 0 Å². The van der Waals surface area contributed by atoms with Crippen LogP contribution in [0.3, 0.4) is 0 Å². The fourth-order valence-corrected chi connectivity index (χ4v) is 2.08. The zero-order valence-electron chi connectivity index (χ0n) is 8.89. The van der Waals surface area contributed by atoms with Crippen LogP contribution in [-0.2, 0) is 6.61 Å². The summed E-state index contributed by atoms with van der Waals surface area (Å²) in [5, 5.41) is 18.3. The molecule has 0 unspecified atom stereocenters. The number of carboxylic acid groups (broad SMARTS) is 1. The van der Waals surface area contributed by atoms with Gasteiger partial charge in [-0.05, 0) is 20.8 Å². The maximum absolute atomic E-state index is 11.1. The van der Waals surface area contributed by atoms with Gasteiger partial charge in [-0.15, -0.1) is 0 Å². The van der Waals surface area contributed by atoms with Crippen molar-refractivity contribution in [1.82, 2.24) is 4.98 Å². The van der Waals surface area contributed by atoms with Crippen molar-refractivity contribution in [3.63, 3.8) is 0 Å². The van der Waals surface area contributed by atoms with Crippen molar-refractivity contribution in [2.24, 2.45) is 0 Å². The van der Waals surface area contributed by atoms with E-state index in [-0.39, 0.29) is 6.61 Å². The fourth-order valence-electron chi connectivity index (χ4n) is 1.13. The summed E-state index contributed by atoms with van der Waals surface area (Å²) >= 11 is 1.18. The van der Waals surface area contributed by atoms with Crippen LogP contribution in [0.1, 0.15) is 25.6 Å². The summed E-state index contributed by atoms with van der Waals surface area (Å²) in [6, 6.07) is 0. The van der Waals surface area contributed by atoms with Crippen LogP contribution in [0.25, 0.3) is 0 Å². The van der Waals surface area contributed by atoms with Gasteiger partial charge in [0.05, 0.1) is 11.5 Å². The molecule has 0 spiro atoms.